The zero-order chi connectivity index (χ0) is 9.80. The van der Waals surface area contributed by atoms with Gasteiger partial charge in [-0.05, 0) is 12.8 Å². The molecule has 0 spiro atoms. The van der Waals surface area contributed by atoms with Crippen molar-refractivity contribution in [2.75, 3.05) is 26.3 Å². The highest BCUT2D eigenvalue weighted by Crippen LogP contribution is 2.22. The highest BCUT2D eigenvalue weighted by molar-refractivity contribution is 4.82. The molecule has 0 bridgehead atoms. The highest BCUT2D eigenvalue weighted by atomic mass is 16.5. The third-order valence-corrected chi connectivity index (χ3v) is 3.46. The Morgan fingerprint density at radius 3 is 2.50 bits per heavy atom. The standard InChI is InChI=1S/C11H21NO2/c13-11-5-3-1-2-4-10(11)12-6-8-14-9-7-12/h10-11,13H,1-9H2. The molecule has 0 radical (unpaired) electrons. The van der Waals surface area contributed by atoms with E-state index >= 15 is 0 Å². The lowest BCUT2D eigenvalue weighted by molar-refractivity contribution is -0.0236. The molecule has 14 heavy (non-hydrogen) atoms. The fourth-order valence-corrected chi connectivity index (χ4v) is 2.60. The van der Waals surface area contributed by atoms with Gasteiger partial charge in [0.25, 0.3) is 0 Å². The number of morpholine rings is 1. The largest absolute Gasteiger partial charge is 0.391 e. The summed E-state index contributed by atoms with van der Waals surface area (Å²) in [5, 5.41) is 10.0. The second-order valence-corrected chi connectivity index (χ2v) is 4.42. The fourth-order valence-electron chi connectivity index (χ4n) is 2.60. The summed E-state index contributed by atoms with van der Waals surface area (Å²) in [6.07, 6.45) is 5.82. The zero-order valence-electron chi connectivity index (χ0n) is 8.82. The molecule has 2 unspecified atom stereocenters. The van der Waals surface area contributed by atoms with Crippen LogP contribution >= 0.6 is 0 Å². The molecule has 2 aliphatic rings. The topological polar surface area (TPSA) is 32.7 Å². The second-order valence-electron chi connectivity index (χ2n) is 4.42. The van der Waals surface area contributed by atoms with Crippen molar-refractivity contribution >= 4 is 0 Å². The van der Waals surface area contributed by atoms with Gasteiger partial charge in [-0.15, -0.1) is 0 Å². The number of aliphatic hydroxyl groups is 1. The molecule has 0 aromatic heterocycles. The molecule has 0 amide bonds. The van der Waals surface area contributed by atoms with E-state index in [9.17, 15) is 5.11 Å². The second kappa shape index (κ2) is 5.10. The Labute approximate surface area is 86.0 Å². The minimum absolute atomic E-state index is 0.101. The Morgan fingerprint density at radius 2 is 1.71 bits per heavy atom. The number of nitrogens with zero attached hydrogens (tertiary/aromatic N) is 1. The number of ether oxygens (including phenoxy) is 1. The predicted octanol–water partition coefficient (Wildman–Crippen LogP) is 1.01. The maximum atomic E-state index is 10.0. The van der Waals surface area contributed by atoms with E-state index in [0.717, 1.165) is 32.7 Å². The van der Waals surface area contributed by atoms with E-state index in [1.54, 1.807) is 0 Å². The maximum Gasteiger partial charge on any atom is 0.0695 e. The molecule has 82 valence electrons. The van der Waals surface area contributed by atoms with Crippen LogP contribution in [0.1, 0.15) is 32.1 Å². The van der Waals surface area contributed by atoms with Gasteiger partial charge >= 0.3 is 0 Å². The number of hydrogen-bond acceptors (Lipinski definition) is 3. The van der Waals surface area contributed by atoms with Crippen LogP contribution in [-0.4, -0.2) is 48.5 Å². The Balaban J connectivity index is 1.91. The van der Waals surface area contributed by atoms with Gasteiger partial charge < -0.3 is 9.84 Å². The summed E-state index contributed by atoms with van der Waals surface area (Å²) in [5.74, 6) is 0. The summed E-state index contributed by atoms with van der Waals surface area (Å²) >= 11 is 0. The SMILES string of the molecule is OC1CCCCCC1N1CCOCC1. The molecule has 2 rings (SSSR count). The number of aliphatic hydroxyl groups excluding tert-OH is 1. The Morgan fingerprint density at radius 1 is 1.00 bits per heavy atom. The van der Waals surface area contributed by atoms with Gasteiger partial charge in [0.15, 0.2) is 0 Å². The van der Waals surface area contributed by atoms with E-state index in [2.05, 4.69) is 4.90 Å². The highest BCUT2D eigenvalue weighted by Gasteiger charge is 2.28. The van der Waals surface area contributed by atoms with Crippen molar-refractivity contribution in [1.82, 2.24) is 4.90 Å². The van der Waals surface area contributed by atoms with Crippen LogP contribution in [0.15, 0.2) is 0 Å². The van der Waals surface area contributed by atoms with Crippen LogP contribution in [0.2, 0.25) is 0 Å². The first-order valence-electron chi connectivity index (χ1n) is 5.88. The molecule has 0 aromatic rings. The lowest BCUT2D eigenvalue weighted by Crippen LogP contribution is -2.48. The Bertz CT molecular complexity index is 169. The van der Waals surface area contributed by atoms with Crippen LogP contribution in [0.5, 0.6) is 0 Å². The van der Waals surface area contributed by atoms with Crippen LogP contribution in [0, 0.1) is 0 Å². The minimum Gasteiger partial charge on any atom is -0.391 e. The molecular weight excluding hydrogens is 178 g/mol. The first-order chi connectivity index (χ1) is 6.88. The van der Waals surface area contributed by atoms with Crippen LogP contribution in [0.25, 0.3) is 0 Å². The summed E-state index contributed by atoms with van der Waals surface area (Å²) in [7, 11) is 0. The van der Waals surface area contributed by atoms with Gasteiger partial charge in [-0.25, -0.2) is 0 Å². The van der Waals surface area contributed by atoms with E-state index in [-0.39, 0.29) is 6.10 Å². The third-order valence-electron chi connectivity index (χ3n) is 3.46. The Hall–Kier alpha value is -0.120. The maximum absolute atomic E-state index is 10.0. The monoisotopic (exact) mass is 199 g/mol. The summed E-state index contributed by atoms with van der Waals surface area (Å²) < 4.78 is 5.33. The third kappa shape index (κ3) is 2.47. The minimum atomic E-state index is -0.101. The summed E-state index contributed by atoms with van der Waals surface area (Å²) in [6.45, 7) is 3.68. The summed E-state index contributed by atoms with van der Waals surface area (Å²) in [5.41, 5.74) is 0. The summed E-state index contributed by atoms with van der Waals surface area (Å²) in [6, 6.07) is 0.404. The van der Waals surface area contributed by atoms with Crippen molar-refractivity contribution in [3.05, 3.63) is 0 Å². The van der Waals surface area contributed by atoms with E-state index < -0.39 is 0 Å². The lowest BCUT2D eigenvalue weighted by atomic mass is 10.0. The summed E-state index contributed by atoms with van der Waals surface area (Å²) in [4.78, 5) is 2.42. The van der Waals surface area contributed by atoms with Crippen molar-refractivity contribution in [2.24, 2.45) is 0 Å². The van der Waals surface area contributed by atoms with Crippen molar-refractivity contribution in [2.45, 2.75) is 44.2 Å². The molecule has 3 nitrogen and oxygen atoms in total. The molecule has 1 aliphatic heterocycles. The molecule has 2 atom stereocenters. The van der Waals surface area contributed by atoms with E-state index in [1.165, 1.54) is 25.7 Å². The normalized spacial score (nSPS) is 36.6. The van der Waals surface area contributed by atoms with Gasteiger partial charge in [-0.2, -0.15) is 0 Å². The van der Waals surface area contributed by atoms with Crippen molar-refractivity contribution in [3.8, 4) is 0 Å². The molecule has 1 saturated heterocycles. The van der Waals surface area contributed by atoms with E-state index in [0.29, 0.717) is 6.04 Å². The van der Waals surface area contributed by atoms with Crippen molar-refractivity contribution in [1.29, 1.82) is 0 Å². The van der Waals surface area contributed by atoms with Crippen LogP contribution in [0.3, 0.4) is 0 Å². The van der Waals surface area contributed by atoms with Crippen LogP contribution < -0.4 is 0 Å². The van der Waals surface area contributed by atoms with Gasteiger partial charge in [0.1, 0.15) is 0 Å². The quantitative estimate of drug-likeness (QED) is 0.640. The molecule has 1 saturated carbocycles. The molecule has 1 heterocycles. The number of hydrogen-bond donors (Lipinski definition) is 1. The molecule has 1 aliphatic carbocycles. The predicted molar refractivity (Wildman–Crippen MR) is 55.3 cm³/mol. The lowest BCUT2D eigenvalue weighted by Gasteiger charge is -2.36. The molecule has 0 aromatic carbocycles. The van der Waals surface area contributed by atoms with Crippen LogP contribution in [0.4, 0.5) is 0 Å². The first kappa shape index (κ1) is 10.4. The van der Waals surface area contributed by atoms with Gasteiger partial charge in [-0.1, -0.05) is 19.3 Å². The fraction of sp³-hybridized carbons (Fsp3) is 1.00. The number of rotatable bonds is 1. The van der Waals surface area contributed by atoms with Crippen molar-refractivity contribution < 1.29 is 9.84 Å². The van der Waals surface area contributed by atoms with Gasteiger partial charge in [0.05, 0.1) is 19.3 Å². The van der Waals surface area contributed by atoms with Gasteiger partial charge in [0.2, 0.25) is 0 Å². The van der Waals surface area contributed by atoms with E-state index in [4.69, 9.17) is 4.74 Å². The smallest absolute Gasteiger partial charge is 0.0695 e. The average molecular weight is 199 g/mol. The van der Waals surface area contributed by atoms with Crippen LogP contribution in [-0.2, 0) is 4.74 Å². The van der Waals surface area contributed by atoms with E-state index in [1.807, 2.05) is 0 Å². The van der Waals surface area contributed by atoms with Gasteiger partial charge in [0, 0.05) is 19.1 Å². The zero-order valence-corrected chi connectivity index (χ0v) is 8.82. The first-order valence-corrected chi connectivity index (χ1v) is 5.88. The molecule has 3 heteroatoms. The van der Waals surface area contributed by atoms with Crippen molar-refractivity contribution in [3.63, 3.8) is 0 Å². The Kier molecular flexibility index (Phi) is 3.79. The molecular formula is C11H21NO2. The average Bonchev–Trinajstić information content (AvgIpc) is 2.44. The molecule has 2 fully saturated rings. The molecule has 1 N–H and O–H groups in total. The van der Waals surface area contributed by atoms with Gasteiger partial charge in [-0.3, -0.25) is 4.90 Å².